The van der Waals surface area contributed by atoms with Crippen molar-refractivity contribution >= 4 is 28.6 Å². The molecule has 0 radical (unpaired) electrons. The molecule has 2 aromatic rings. The number of benzene rings is 1. The molecule has 0 unspecified atom stereocenters. The van der Waals surface area contributed by atoms with Crippen molar-refractivity contribution in [3.63, 3.8) is 0 Å². The molecule has 2 aliphatic rings. The van der Waals surface area contributed by atoms with E-state index >= 15 is 0 Å². The number of hydrogen-bond donors (Lipinski definition) is 0. The van der Waals surface area contributed by atoms with Gasteiger partial charge in [-0.05, 0) is 47.7 Å². The predicted molar refractivity (Wildman–Crippen MR) is 78.9 cm³/mol. The lowest BCUT2D eigenvalue weighted by atomic mass is 10.0. The molecule has 0 N–H and O–H groups in total. The summed E-state index contributed by atoms with van der Waals surface area (Å²) in [6.45, 7) is 2.18. The summed E-state index contributed by atoms with van der Waals surface area (Å²) in [6.07, 6.45) is 2.32. The smallest absolute Gasteiger partial charge is 0.0935 e. The van der Waals surface area contributed by atoms with Crippen LogP contribution >= 0.6 is 22.9 Å². The fraction of sp³-hybridized carbons (Fsp3) is 0.333. The number of anilines is 1. The Hall–Kier alpha value is -1.03. The molecule has 3 heterocycles. The Kier molecular flexibility index (Phi) is 2.62. The second-order valence-corrected chi connectivity index (χ2v) is 6.63. The Bertz CT molecular complexity index is 639. The Balaban J connectivity index is 1.79. The van der Waals surface area contributed by atoms with E-state index in [1.807, 2.05) is 17.4 Å². The zero-order chi connectivity index (χ0) is 13.0. The van der Waals surface area contributed by atoms with E-state index in [0.717, 1.165) is 17.9 Å². The third kappa shape index (κ3) is 1.80. The molecule has 1 saturated heterocycles. The zero-order valence-corrected chi connectivity index (χ0v) is 12.2. The highest BCUT2D eigenvalue weighted by molar-refractivity contribution is 7.10. The van der Waals surface area contributed by atoms with E-state index in [9.17, 15) is 0 Å². The number of aryl methyl sites for hydroxylation is 1. The molecule has 2 atom stereocenters. The van der Waals surface area contributed by atoms with E-state index in [1.165, 1.54) is 21.7 Å². The van der Waals surface area contributed by atoms with Gasteiger partial charge in [0, 0.05) is 22.7 Å². The fourth-order valence-corrected chi connectivity index (χ4v) is 4.30. The quantitative estimate of drug-likeness (QED) is 0.766. The normalized spacial score (nSPS) is 24.6. The summed E-state index contributed by atoms with van der Waals surface area (Å²) in [7, 11) is 0. The van der Waals surface area contributed by atoms with Gasteiger partial charge in [-0.15, -0.1) is 11.3 Å². The van der Waals surface area contributed by atoms with Gasteiger partial charge in [-0.2, -0.15) is 0 Å². The molecule has 2 aliphatic heterocycles. The molecule has 0 saturated carbocycles. The van der Waals surface area contributed by atoms with Crippen LogP contribution in [0.25, 0.3) is 0 Å². The van der Waals surface area contributed by atoms with Crippen molar-refractivity contribution in [1.29, 1.82) is 0 Å². The van der Waals surface area contributed by atoms with E-state index in [2.05, 4.69) is 35.6 Å². The van der Waals surface area contributed by atoms with Crippen LogP contribution in [0.2, 0.25) is 5.02 Å². The van der Waals surface area contributed by atoms with E-state index in [1.54, 1.807) is 0 Å². The largest absolute Gasteiger partial charge is 0.269 e. The van der Waals surface area contributed by atoms with Crippen LogP contribution < -0.4 is 5.06 Å². The minimum absolute atomic E-state index is 0.289. The van der Waals surface area contributed by atoms with E-state index < -0.39 is 0 Å². The summed E-state index contributed by atoms with van der Waals surface area (Å²) in [5, 5.41) is 5.07. The first-order valence-electron chi connectivity index (χ1n) is 6.51. The molecule has 0 aliphatic carbocycles. The van der Waals surface area contributed by atoms with Gasteiger partial charge in [-0.25, -0.2) is 5.06 Å². The Morgan fingerprint density at radius 3 is 3.05 bits per heavy atom. The minimum Gasteiger partial charge on any atom is -0.269 e. The van der Waals surface area contributed by atoms with Crippen LogP contribution in [-0.4, -0.2) is 6.10 Å². The van der Waals surface area contributed by atoms with Crippen molar-refractivity contribution < 1.29 is 4.84 Å². The average molecular weight is 292 g/mol. The van der Waals surface area contributed by atoms with Gasteiger partial charge in [-0.1, -0.05) is 11.6 Å². The van der Waals surface area contributed by atoms with Crippen LogP contribution in [0.4, 0.5) is 5.69 Å². The Morgan fingerprint density at radius 1 is 1.37 bits per heavy atom. The van der Waals surface area contributed by atoms with Crippen molar-refractivity contribution in [2.45, 2.75) is 31.9 Å². The molecule has 1 fully saturated rings. The molecule has 1 aromatic heterocycles. The lowest BCUT2D eigenvalue weighted by Gasteiger charge is -2.30. The predicted octanol–water partition coefficient (Wildman–Crippen LogP) is 4.52. The summed E-state index contributed by atoms with van der Waals surface area (Å²) in [4.78, 5) is 7.47. The second kappa shape index (κ2) is 4.23. The number of fused-ring (bicyclic) bond motifs is 4. The maximum absolute atomic E-state index is 6.10. The summed E-state index contributed by atoms with van der Waals surface area (Å²) >= 11 is 7.92. The fourth-order valence-electron chi connectivity index (χ4n) is 3.08. The van der Waals surface area contributed by atoms with Crippen LogP contribution in [0.3, 0.4) is 0 Å². The van der Waals surface area contributed by atoms with Crippen molar-refractivity contribution in [1.82, 2.24) is 0 Å². The first-order chi connectivity index (χ1) is 9.22. The molecule has 98 valence electrons. The van der Waals surface area contributed by atoms with Crippen molar-refractivity contribution in [2.24, 2.45) is 0 Å². The topological polar surface area (TPSA) is 12.5 Å². The average Bonchev–Trinajstić information content (AvgIpc) is 2.94. The number of hydroxylamine groups is 1. The van der Waals surface area contributed by atoms with Crippen LogP contribution in [0.5, 0.6) is 0 Å². The summed E-state index contributed by atoms with van der Waals surface area (Å²) in [5.74, 6) is 0. The van der Waals surface area contributed by atoms with Gasteiger partial charge >= 0.3 is 0 Å². The number of halogens is 1. The lowest BCUT2D eigenvalue weighted by molar-refractivity contribution is 0.0735. The van der Waals surface area contributed by atoms with Crippen LogP contribution in [0.15, 0.2) is 29.6 Å². The van der Waals surface area contributed by atoms with Crippen LogP contribution in [-0.2, 0) is 11.3 Å². The molecular weight excluding hydrogens is 278 g/mol. The Morgan fingerprint density at radius 2 is 2.26 bits per heavy atom. The maximum Gasteiger partial charge on any atom is 0.0935 e. The highest BCUT2D eigenvalue weighted by atomic mass is 35.5. The summed E-state index contributed by atoms with van der Waals surface area (Å²) in [6, 6.07) is 8.64. The third-order valence-corrected chi connectivity index (χ3v) is 5.32. The van der Waals surface area contributed by atoms with Gasteiger partial charge in [0.15, 0.2) is 0 Å². The molecule has 0 spiro atoms. The third-order valence-electron chi connectivity index (χ3n) is 3.96. The van der Waals surface area contributed by atoms with Gasteiger partial charge < -0.3 is 0 Å². The van der Waals surface area contributed by atoms with Crippen molar-refractivity contribution in [2.75, 3.05) is 5.06 Å². The molecular formula is C15H14ClNOS. The molecule has 2 bridgehead atoms. The molecule has 19 heavy (non-hydrogen) atoms. The number of hydrogen-bond acceptors (Lipinski definition) is 3. The van der Waals surface area contributed by atoms with Gasteiger partial charge in [0.25, 0.3) is 0 Å². The first kappa shape index (κ1) is 11.8. The zero-order valence-electron chi connectivity index (χ0n) is 10.6. The van der Waals surface area contributed by atoms with Gasteiger partial charge in [0.05, 0.1) is 17.8 Å². The maximum atomic E-state index is 6.10. The van der Waals surface area contributed by atoms with Gasteiger partial charge in [0.2, 0.25) is 0 Å². The van der Waals surface area contributed by atoms with Gasteiger partial charge in [-0.3, -0.25) is 4.84 Å². The molecule has 2 nitrogen and oxygen atoms in total. The van der Waals surface area contributed by atoms with E-state index in [-0.39, 0.29) is 6.10 Å². The van der Waals surface area contributed by atoms with Crippen LogP contribution in [0.1, 0.15) is 28.5 Å². The Labute approximate surface area is 121 Å². The number of rotatable bonds is 1. The van der Waals surface area contributed by atoms with E-state index in [0.29, 0.717) is 6.04 Å². The summed E-state index contributed by atoms with van der Waals surface area (Å²) < 4.78 is 0. The molecule has 1 aromatic carbocycles. The molecule has 4 rings (SSSR count). The molecule has 0 amide bonds. The van der Waals surface area contributed by atoms with Crippen molar-refractivity contribution in [3.05, 3.63) is 50.7 Å². The minimum atomic E-state index is 0.289. The van der Waals surface area contributed by atoms with Crippen molar-refractivity contribution in [3.8, 4) is 0 Å². The second-order valence-electron chi connectivity index (χ2n) is 5.25. The number of nitrogens with zero attached hydrogens (tertiary/aromatic N) is 1. The monoisotopic (exact) mass is 291 g/mol. The number of thiophene rings is 1. The van der Waals surface area contributed by atoms with E-state index in [4.69, 9.17) is 16.4 Å². The summed E-state index contributed by atoms with van der Waals surface area (Å²) in [5.41, 5.74) is 3.85. The standard InChI is InChI=1S/C15H14ClNOS/c1-9-4-5-19-15(9)14-8-12-7-10-6-11(16)2-3-13(10)17(14)18-12/h2-6,12,14H,7-8H2,1H3/t12-,14-/m0/s1. The molecule has 4 heteroatoms. The lowest BCUT2D eigenvalue weighted by Crippen LogP contribution is -2.27. The van der Waals surface area contributed by atoms with Crippen LogP contribution in [0, 0.1) is 6.92 Å². The highest BCUT2D eigenvalue weighted by Gasteiger charge is 2.41. The highest BCUT2D eigenvalue weighted by Crippen LogP contribution is 2.47. The van der Waals surface area contributed by atoms with Gasteiger partial charge in [0.1, 0.15) is 0 Å². The SMILES string of the molecule is Cc1ccsc1[C@@H]1C[C@@H]2Cc3cc(Cl)ccc3N1O2. The first-order valence-corrected chi connectivity index (χ1v) is 7.76.